The standard InChI is InChI=1S/C15H22ClNO3/c1-19-12-8-7-9-13(20-2)14(12)15(18)17-11-6-4-3-5-10-16/h7-9H,3-6,10-11H2,1-2H3,(H,17,18). The van der Waals surface area contributed by atoms with Crippen LogP contribution in [0.25, 0.3) is 0 Å². The molecule has 0 bridgehead atoms. The topological polar surface area (TPSA) is 47.6 Å². The van der Waals surface area contributed by atoms with E-state index in [2.05, 4.69) is 5.32 Å². The third kappa shape index (κ3) is 4.93. The molecule has 112 valence electrons. The molecule has 0 spiro atoms. The molecule has 0 atom stereocenters. The van der Waals surface area contributed by atoms with Crippen molar-refractivity contribution in [3.05, 3.63) is 23.8 Å². The number of hydrogen-bond donors (Lipinski definition) is 1. The summed E-state index contributed by atoms with van der Waals surface area (Å²) in [5.74, 6) is 1.56. The van der Waals surface area contributed by atoms with E-state index in [1.54, 1.807) is 18.2 Å². The first-order valence-electron chi connectivity index (χ1n) is 6.79. The lowest BCUT2D eigenvalue weighted by Gasteiger charge is -2.12. The molecule has 1 amide bonds. The Morgan fingerprint density at radius 3 is 2.25 bits per heavy atom. The van der Waals surface area contributed by atoms with E-state index in [0.717, 1.165) is 25.7 Å². The SMILES string of the molecule is COc1cccc(OC)c1C(=O)NCCCCCCCl. The van der Waals surface area contributed by atoms with E-state index in [-0.39, 0.29) is 5.91 Å². The predicted octanol–water partition coefficient (Wildman–Crippen LogP) is 3.23. The molecule has 1 aromatic rings. The number of methoxy groups -OCH3 is 2. The second-order valence-corrected chi connectivity index (χ2v) is 4.77. The Hall–Kier alpha value is -1.42. The van der Waals surface area contributed by atoms with E-state index in [0.29, 0.717) is 29.5 Å². The first-order chi connectivity index (χ1) is 9.74. The Bertz CT molecular complexity index is 401. The van der Waals surface area contributed by atoms with Crippen LogP contribution in [0, 0.1) is 0 Å². The van der Waals surface area contributed by atoms with Gasteiger partial charge in [-0.05, 0) is 25.0 Å². The number of halogens is 1. The Morgan fingerprint density at radius 1 is 1.10 bits per heavy atom. The highest BCUT2D eigenvalue weighted by atomic mass is 35.5. The normalized spacial score (nSPS) is 10.2. The van der Waals surface area contributed by atoms with Crippen molar-refractivity contribution < 1.29 is 14.3 Å². The summed E-state index contributed by atoms with van der Waals surface area (Å²) in [5.41, 5.74) is 0.443. The summed E-state index contributed by atoms with van der Waals surface area (Å²) < 4.78 is 10.4. The summed E-state index contributed by atoms with van der Waals surface area (Å²) in [4.78, 5) is 12.2. The fourth-order valence-corrected chi connectivity index (χ4v) is 2.13. The Labute approximate surface area is 125 Å². The molecule has 0 aliphatic carbocycles. The van der Waals surface area contributed by atoms with E-state index < -0.39 is 0 Å². The van der Waals surface area contributed by atoms with Crippen molar-refractivity contribution >= 4 is 17.5 Å². The molecule has 0 radical (unpaired) electrons. The molecule has 0 saturated heterocycles. The van der Waals surface area contributed by atoms with Gasteiger partial charge in [-0.15, -0.1) is 11.6 Å². The minimum Gasteiger partial charge on any atom is -0.496 e. The zero-order valence-corrected chi connectivity index (χ0v) is 12.8. The van der Waals surface area contributed by atoms with Crippen LogP contribution in [0.15, 0.2) is 18.2 Å². The summed E-state index contributed by atoms with van der Waals surface area (Å²) in [7, 11) is 3.08. The highest BCUT2D eigenvalue weighted by Crippen LogP contribution is 2.27. The van der Waals surface area contributed by atoms with Gasteiger partial charge in [-0.2, -0.15) is 0 Å². The van der Waals surface area contributed by atoms with E-state index in [1.165, 1.54) is 14.2 Å². The van der Waals surface area contributed by atoms with Gasteiger partial charge in [-0.25, -0.2) is 0 Å². The molecule has 0 aliphatic rings. The van der Waals surface area contributed by atoms with Crippen LogP contribution < -0.4 is 14.8 Å². The van der Waals surface area contributed by atoms with E-state index >= 15 is 0 Å². The van der Waals surface area contributed by atoms with Crippen LogP contribution in [0.5, 0.6) is 11.5 Å². The Kier molecular flexibility index (Phi) is 7.88. The molecule has 0 saturated carbocycles. The van der Waals surface area contributed by atoms with Gasteiger partial charge >= 0.3 is 0 Å². The molecule has 4 nitrogen and oxygen atoms in total. The van der Waals surface area contributed by atoms with Gasteiger partial charge in [-0.1, -0.05) is 18.9 Å². The van der Waals surface area contributed by atoms with Crippen molar-refractivity contribution in [1.29, 1.82) is 0 Å². The number of nitrogens with one attached hydrogen (secondary N) is 1. The van der Waals surface area contributed by atoms with Crippen molar-refractivity contribution in [2.24, 2.45) is 0 Å². The van der Waals surface area contributed by atoms with Crippen LogP contribution >= 0.6 is 11.6 Å². The lowest BCUT2D eigenvalue weighted by molar-refractivity contribution is 0.0946. The quantitative estimate of drug-likeness (QED) is 0.562. The third-order valence-electron chi connectivity index (χ3n) is 3.00. The molecular weight excluding hydrogens is 278 g/mol. The van der Waals surface area contributed by atoms with Gasteiger partial charge in [0, 0.05) is 12.4 Å². The first-order valence-corrected chi connectivity index (χ1v) is 7.33. The summed E-state index contributed by atoms with van der Waals surface area (Å²) >= 11 is 5.61. The average Bonchev–Trinajstić information content (AvgIpc) is 2.49. The summed E-state index contributed by atoms with van der Waals surface area (Å²) in [5, 5.41) is 2.89. The van der Waals surface area contributed by atoms with Crippen molar-refractivity contribution in [1.82, 2.24) is 5.32 Å². The fraction of sp³-hybridized carbons (Fsp3) is 0.533. The second kappa shape index (κ2) is 9.48. The fourth-order valence-electron chi connectivity index (χ4n) is 1.94. The number of unbranched alkanes of at least 4 members (excludes halogenated alkanes) is 3. The molecule has 0 aliphatic heterocycles. The van der Waals surface area contributed by atoms with E-state index in [9.17, 15) is 4.79 Å². The van der Waals surface area contributed by atoms with Crippen LogP contribution in [-0.2, 0) is 0 Å². The van der Waals surface area contributed by atoms with E-state index in [1.807, 2.05) is 0 Å². The zero-order valence-electron chi connectivity index (χ0n) is 12.1. The lowest BCUT2D eigenvalue weighted by atomic mass is 10.1. The molecule has 20 heavy (non-hydrogen) atoms. The molecule has 0 heterocycles. The van der Waals surface area contributed by atoms with Crippen molar-refractivity contribution in [3.8, 4) is 11.5 Å². The highest BCUT2D eigenvalue weighted by molar-refractivity contribution is 6.17. The van der Waals surface area contributed by atoms with Crippen LogP contribution in [-0.4, -0.2) is 32.6 Å². The summed E-state index contributed by atoms with van der Waals surface area (Å²) in [6, 6.07) is 5.29. The maximum atomic E-state index is 12.2. The molecule has 1 aromatic carbocycles. The van der Waals surface area contributed by atoms with E-state index in [4.69, 9.17) is 21.1 Å². The second-order valence-electron chi connectivity index (χ2n) is 4.40. The molecule has 0 unspecified atom stereocenters. The predicted molar refractivity (Wildman–Crippen MR) is 81.1 cm³/mol. The maximum Gasteiger partial charge on any atom is 0.258 e. The molecule has 1 N–H and O–H groups in total. The van der Waals surface area contributed by atoms with Crippen molar-refractivity contribution in [2.75, 3.05) is 26.6 Å². The summed E-state index contributed by atoms with van der Waals surface area (Å²) in [6.45, 7) is 0.641. The number of amides is 1. The zero-order chi connectivity index (χ0) is 14.8. The van der Waals surface area contributed by atoms with Crippen LogP contribution in [0.1, 0.15) is 36.0 Å². The molecule has 1 rings (SSSR count). The molecule has 5 heteroatoms. The van der Waals surface area contributed by atoms with Gasteiger partial charge in [-0.3, -0.25) is 4.79 Å². The molecular formula is C15H22ClNO3. The number of hydrogen-bond acceptors (Lipinski definition) is 3. The number of carbonyl (C=O) groups excluding carboxylic acids is 1. The summed E-state index contributed by atoms with van der Waals surface area (Å²) in [6.07, 6.45) is 4.13. The number of rotatable bonds is 9. The number of alkyl halides is 1. The number of benzene rings is 1. The minimum absolute atomic E-state index is 0.170. The number of ether oxygens (including phenoxy) is 2. The minimum atomic E-state index is -0.170. The monoisotopic (exact) mass is 299 g/mol. The largest absolute Gasteiger partial charge is 0.496 e. The van der Waals surface area contributed by atoms with Gasteiger partial charge in [0.15, 0.2) is 0 Å². The molecule has 0 fully saturated rings. The van der Waals surface area contributed by atoms with Gasteiger partial charge in [0.1, 0.15) is 17.1 Å². The lowest BCUT2D eigenvalue weighted by Crippen LogP contribution is -2.25. The smallest absolute Gasteiger partial charge is 0.258 e. The average molecular weight is 300 g/mol. The first kappa shape index (κ1) is 16.6. The van der Waals surface area contributed by atoms with Crippen LogP contribution in [0.4, 0.5) is 0 Å². The van der Waals surface area contributed by atoms with Crippen molar-refractivity contribution in [3.63, 3.8) is 0 Å². The third-order valence-corrected chi connectivity index (χ3v) is 3.27. The van der Waals surface area contributed by atoms with Crippen LogP contribution in [0.3, 0.4) is 0 Å². The van der Waals surface area contributed by atoms with Gasteiger partial charge in [0.25, 0.3) is 5.91 Å². The molecule has 0 aromatic heterocycles. The highest BCUT2D eigenvalue weighted by Gasteiger charge is 2.17. The van der Waals surface area contributed by atoms with Gasteiger partial charge in [0.05, 0.1) is 14.2 Å². The number of carbonyl (C=O) groups is 1. The van der Waals surface area contributed by atoms with Crippen LogP contribution in [0.2, 0.25) is 0 Å². The van der Waals surface area contributed by atoms with Gasteiger partial charge < -0.3 is 14.8 Å². The van der Waals surface area contributed by atoms with Gasteiger partial charge in [0.2, 0.25) is 0 Å². The maximum absolute atomic E-state index is 12.2. The Balaban J connectivity index is 2.54. The Morgan fingerprint density at radius 2 is 1.70 bits per heavy atom. The van der Waals surface area contributed by atoms with Crippen molar-refractivity contribution in [2.45, 2.75) is 25.7 Å².